The first-order valence-electron chi connectivity index (χ1n) is 14.1. The molecular formula is C34H36IN3O4S. The average molecular weight is 710 g/mol. The van der Waals surface area contributed by atoms with Crippen molar-refractivity contribution in [3.05, 3.63) is 130 Å². The van der Waals surface area contributed by atoms with E-state index in [1.54, 1.807) is 42.5 Å². The van der Waals surface area contributed by atoms with Crippen molar-refractivity contribution in [3.63, 3.8) is 0 Å². The standard InChI is InChI=1S/C34H36IN3O4S/c1-26(2)23-36-34(40)32(22-27-12-6-3-7-13-27)37(24-28-14-8-4-9-15-28)33(39)25-38(30-20-18-29(35)19-21-30)43(41,42)31-16-10-5-11-17-31/h3-21,26,32H,22-25H2,1-2H3,(H,36,40)/t32-/m0/s1. The summed E-state index contributed by atoms with van der Waals surface area (Å²) in [6, 6.07) is 33.1. The summed E-state index contributed by atoms with van der Waals surface area (Å²) in [5.41, 5.74) is 2.09. The van der Waals surface area contributed by atoms with E-state index in [0.29, 0.717) is 12.2 Å². The molecule has 0 aliphatic carbocycles. The van der Waals surface area contributed by atoms with Crippen LogP contribution < -0.4 is 9.62 Å². The van der Waals surface area contributed by atoms with Crippen LogP contribution in [0.15, 0.2) is 120 Å². The molecule has 0 aromatic heterocycles. The number of rotatable bonds is 13. The number of carbonyl (C=O) groups is 2. The zero-order valence-electron chi connectivity index (χ0n) is 24.3. The Morgan fingerprint density at radius 2 is 1.30 bits per heavy atom. The number of hydrogen-bond acceptors (Lipinski definition) is 4. The van der Waals surface area contributed by atoms with E-state index in [1.807, 2.05) is 74.5 Å². The molecule has 4 rings (SSSR count). The third kappa shape index (κ3) is 8.90. The molecule has 7 nitrogen and oxygen atoms in total. The van der Waals surface area contributed by atoms with Gasteiger partial charge in [0.2, 0.25) is 11.8 Å². The minimum atomic E-state index is -4.11. The van der Waals surface area contributed by atoms with E-state index < -0.39 is 28.5 Å². The molecule has 0 saturated carbocycles. The van der Waals surface area contributed by atoms with Gasteiger partial charge < -0.3 is 10.2 Å². The van der Waals surface area contributed by atoms with Crippen LogP contribution in [0.1, 0.15) is 25.0 Å². The van der Waals surface area contributed by atoms with Crippen molar-refractivity contribution in [2.45, 2.75) is 37.8 Å². The Hall–Kier alpha value is -3.70. The normalized spacial score (nSPS) is 12.0. The van der Waals surface area contributed by atoms with Crippen molar-refractivity contribution in [1.82, 2.24) is 10.2 Å². The van der Waals surface area contributed by atoms with Crippen molar-refractivity contribution in [2.75, 3.05) is 17.4 Å². The molecule has 0 aliphatic rings. The maximum atomic E-state index is 14.4. The van der Waals surface area contributed by atoms with Gasteiger partial charge in [0.05, 0.1) is 10.6 Å². The number of amides is 2. The van der Waals surface area contributed by atoms with Crippen molar-refractivity contribution in [3.8, 4) is 0 Å². The van der Waals surface area contributed by atoms with Gasteiger partial charge in [0.15, 0.2) is 0 Å². The fourth-order valence-electron chi connectivity index (χ4n) is 4.61. The molecule has 1 N–H and O–H groups in total. The lowest BCUT2D eigenvalue weighted by Crippen LogP contribution is -2.53. The number of anilines is 1. The molecule has 0 unspecified atom stereocenters. The molecular weight excluding hydrogens is 673 g/mol. The molecule has 0 bridgehead atoms. The van der Waals surface area contributed by atoms with E-state index in [2.05, 4.69) is 27.9 Å². The van der Waals surface area contributed by atoms with Crippen molar-refractivity contribution < 1.29 is 18.0 Å². The number of hydrogen-bond donors (Lipinski definition) is 1. The lowest BCUT2D eigenvalue weighted by atomic mass is 10.0. The van der Waals surface area contributed by atoms with Gasteiger partial charge >= 0.3 is 0 Å². The summed E-state index contributed by atoms with van der Waals surface area (Å²) >= 11 is 2.15. The molecule has 224 valence electrons. The highest BCUT2D eigenvalue weighted by molar-refractivity contribution is 14.1. The van der Waals surface area contributed by atoms with Crippen LogP contribution in [0.4, 0.5) is 5.69 Å². The summed E-state index contributed by atoms with van der Waals surface area (Å²) in [6.07, 6.45) is 0.276. The highest BCUT2D eigenvalue weighted by Gasteiger charge is 2.34. The molecule has 0 spiro atoms. The Morgan fingerprint density at radius 1 is 0.767 bits per heavy atom. The minimum Gasteiger partial charge on any atom is -0.354 e. The molecule has 0 radical (unpaired) electrons. The van der Waals surface area contributed by atoms with Crippen LogP contribution in [-0.4, -0.2) is 44.3 Å². The van der Waals surface area contributed by atoms with Crippen LogP contribution in [0.5, 0.6) is 0 Å². The molecule has 1 atom stereocenters. The summed E-state index contributed by atoms with van der Waals surface area (Å²) in [4.78, 5) is 29.7. The number of benzene rings is 4. The molecule has 0 aliphatic heterocycles. The zero-order valence-corrected chi connectivity index (χ0v) is 27.2. The number of nitrogens with one attached hydrogen (secondary N) is 1. The van der Waals surface area contributed by atoms with Crippen LogP contribution in [-0.2, 0) is 32.6 Å². The number of halogens is 1. The molecule has 0 fully saturated rings. The summed E-state index contributed by atoms with van der Waals surface area (Å²) in [5, 5.41) is 3.01. The molecule has 0 saturated heterocycles. The van der Waals surface area contributed by atoms with Crippen molar-refractivity contribution in [2.24, 2.45) is 5.92 Å². The van der Waals surface area contributed by atoms with Crippen LogP contribution >= 0.6 is 22.6 Å². The predicted molar refractivity (Wildman–Crippen MR) is 179 cm³/mol. The van der Waals surface area contributed by atoms with Crippen LogP contribution in [0.2, 0.25) is 0 Å². The molecule has 9 heteroatoms. The Balaban J connectivity index is 1.77. The van der Waals surface area contributed by atoms with Crippen LogP contribution in [0.25, 0.3) is 0 Å². The van der Waals surface area contributed by atoms with Crippen molar-refractivity contribution >= 4 is 50.1 Å². The number of nitrogens with zero attached hydrogens (tertiary/aromatic N) is 2. The third-order valence-electron chi connectivity index (χ3n) is 6.88. The van der Waals surface area contributed by atoms with Gasteiger partial charge in [-0.15, -0.1) is 0 Å². The molecule has 43 heavy (non-hydrogen) atoms. The van der Waals surface area contributed by atoms with E-state index in [9.17, 15) is 18.0 Å². The first kappa shape index (κ1) is 32.2. The largest absolute Gasteiger partial charge is 0.354 e. The SMILES string of the molecule is CC(C)CNC(=O)[C@H](Cc1ccccc1)N(Cc1ccccc1)C(=O)CN(c1ccc(I)cc1)S(=O)(=O)c1ccccc1. The predicted octanol–water partition coefficient (Wildman–Crippen LogP) is 5.90. The highest BCUT2D eigenvalue weighted by Crippen LogP contribution is 2.26. The zero-order chi connectivity index (χ0) is 30.8. The van der Waals surface area contributed by atoms with Crippen LogP contribution in [0.3, 0.4) is 0 Å². The Bertz CT molecular complexity index is 1580. The summed E-state index contributed by atoms with van der Waals surface area (Å²) in [7, 11) is -4.11. The quantitative estimate of drug-likeness (QED) is 0.175. The van der Waals surface area contributed by atoms with E-state index in [4.69, 9.17) is 0 Å². The summed E-state index contributed by atoms with van der Waals surface area (Å²) in [6.45, 7) is 4.12. The van der Waals surface area contributed by atoms with Gasteiger partial charge in [-0.3, -0.25) is 13.9 Å². The fraction of sp³-hybridized carbons (Fsp3) is 0.235. The van der Waals surface area contributed by atoms with Gasteiger partial charge in [-0.25, -0.2) is 8.42 Å². The van der Waals surface area contributed by atoms with Gasteiger partial charge in [0.25, 0.3) is 10.0 Å². The minimum absolute atomic E-state index is 0.0754. The Kier molecular flexibility index (Phi) is 11.4. The first-order chi connectivity index (χ1) is 20.6. The van der Waals surface area contributed by atoms with E-state index in [0.717, 1.165) is 19.0 Å². The van der Waals surface area contributed by atoms with Crippen molar-refractivity contribution in [1.29, 1.82) is 0 Å². The highest BCUT2D eigenvalue weighted by atomic mass is 127. The number of sulfonamides is 1. The second-order valence-electron chi connectivity index (χ2n) is 10.7. The average Bonchev–Trinajstić information content (AvgIpc) is 3.02. The lowest BCUT2D eigenvalue weighted by Gasteiger charge is -2.34. The third-order valence-corrected chi connectivity index (χ3v) is 9.38. The van der Waals surface area contributed by atoms with Gasteiger partial charge in [-0.2, -0.15) is 0 Å². The van der Waals surface area contributed by atoms with Gasteiger partial charge in [0, 0.05) is 23.1 Å². The molecule has 2 amide bonds. The van der Waals surface area contributed by atoms with Gasteiger partial charge in [0.1, 0.15) is 12.6 Å². The second kappa shape index (κ2) is 15.2. The maximum absolute atomic E-state index is 14.4. The van der Waals surface area contributed by atoms with E-state index >= 15 is 0 Å². The Morgan fingerprint density at radius 3 is 1.86 bits per heavy atom. The monoisotopic (exact) mass is 709 g/mol. The first-order valence-corrected chi connectivity index (χ1v) is 16.7. The fourth-order valence-corrected chi connectivity index (χ4v) is 6.41. The maximum Gasteiger partial charge on any atom is 0.264 e. The smallest absolute Gasteiger partial charge is 0.264 e. The summed E-state index contributed by atoms with van der Waals surface area (Å²) < 4.78 is 30.0. The molecule has 4 aromatic carbocycles. The van der Waals surface area contributed by atoms with E-state index in [1.165, 1.54) is 17.0 Å². The lowest BCUT2D eigenvalue weighted by molar-refractivity contribution is -0.140. The summed E-state index contributed by atoms with van der Waals surface area (Å²) in [5.74, 6) is -0.553. The van der Waals surface area contributed by atoms with Gasteiger partial charge in [-0.05, 0) is 76.0 Å². The molecule has 0 heterocycles. The topological polar surface area (TPSA) is 86.8 Å². The molecule has 4 aromatic rings. The number of carbonyl (C=O) groups excluding carboxylic acids is 2. The Labute approximate surface area is 268 Å². The van der Waals surface area contributed by atoms with Crippen LogP contribution in [0, 0.1) is 9.49 Å². The second-order valence-corrected chi connectivity index (χ2v) is 13.8. The van der Waals surface area contributed by atoms with E-state index in [-0.39, 0.29) is 29.7 Å². The van der Waals surface area contributed by atoms with Gasteiger partial charge in [-0.1, -0.05) is 92.7 Å².